The highest BCUT2D eigenvalue weighted by atomic mass is 16.6. The Bertz CT molecular complexity index is 376. The van der Waals surface area contributed by atoms with Gasteiger partial charge in [0.25, 0.3) is 0 Å². The van der Waals surface area contributed by atoms with Crippen molar-refractivity contribution in [1.29, 1.82) is 0 Å². The summed E-state index contributed by atoms with van der Waals surface area (Å²) in [6.45, 7) is 7.84. The number of nitrogens with one attached hydrogen (secondary N) is 1. The molecule has 2 rings (SSSR count). The zero-order valence-electron chi connectivity index (χ0n) is 10.8. The lowest BCUT2D eigenvalue weighted by Gasteiger charge is -2.12. The Morgan fingerprint density at radius 1 is 1.47 bits per heavy atom. The van der Waals surface area contributed by atoms with Crippen molar-refractivity contribution in [3.05, 3.63) is 29.3 Å². The SMILES string of the molecule is Cc1ccc2c(c1)CC(CNOCC(C)C)O2. The predicted octanol–water partition coefficient (Wildman–Crippen LogP) is 2.48. The minimum absolute atomic E-state index is 0.193. The van der Waals surface area contributed by atoms with Crippen molar-refractivity contribution in [2.45, 2.75) is 33.3 Å². The van der Waals surface area contributed by atoms with Crippen LogP contribution in [0.4, 0.5) is 0 Å². The van der Waals surface area contributed by atoms with E-state index in [1.165, 1.54) is 11.1 Å². The fraction of sp³-hybridized carbons (Fsp3) is 0.571. The minimum Gasteiger partial charge on any atom is -0.488 e. The van der Waals surface area contributed by atoms with Gasteiger partial charge in [-0.05, 0) is 24.5 Å². The van der Waals surface area contributed by atoms with Gasteiger partial charge in [0.15, 0.2) is 0 Å². The van der Waals surface area contributed by atoms with Crippen LogP contribution in [0.25, 0.3) is 0 Å². The van der Waals surface area contributed by atoms with Crippen LogP contribution in [0.5, 0.6) is 5.75 Å². The monoisotopic (exact) mass is 235 g/mol. The molecule has 3 heteroatoms. The number of fused-ring (bicyclic) bond motifs is 1. The van der Waals surface area contributed by atoms with E-state index in [0.717, 1.165) is 25.3 Å². The van der Waals surface area contributed by atoms with Gasteiger partial charge < -0.3 is 9.57 Å². The Morgan fingerprint density at radius 2 is 2.29 bits per heavy atom. The van der Waals surface area contributed by atoms with Crippen LogP contribution in [-0.4, -0.2) is 19.3 Å². The second kappa shape index (κ2) is 5.52. The van der Waals surface area contributed by atoms with Crippen molar-refractivity contribution < 1.29 is 9.57 Å². The molecule has 1 aromatic rings. The van der Waals surface area contributed by atoms with Gasteiger partial charge in [0, 0.05) is 6.42 Å². The molecular formula is C14H21NO2. The normalized spacial score (nSPS) is 18.2. The molecule has 0 bridgehead atoms. The Kier molecular flexibility index (Phi) is 4.02. The van der Waals surface area contributed by atoms with E-state index in [0.29, 0.717) is 5.92 Å². The van der Waals surface area contributed by atoms with Gasteiger partial charge in [0.05, 0.1) is 13.2 Å². The molecule has 1 aromatic carbocycles. The molecule has 0 radical (unpaired) electrons. The van der Waals surface area contributed by atoms with Crippen LogP contribution in [0.15, 0.2) is 18.2 Å². The molecule has 1 aliphatic rings. The summed E-state index contributed by atoms with van der Waals surface area (Å²) in [5.74, 6) is 1.57. The molecular weight excluding hydrogens is 214 g/mol. The molecule has 0 spiro atoms. The van der Waals surface area contributed by atoms with Crippen LogP contribution < -0.4 is 10.2 Å². The number of hydrogen-bond donors (Lipinski definition) is 1. The molecule has 1 atom stereocenters. The summed E-state index contributed by atoms with van der Waals surface area (Å²) in [5.41, 5.74) is 5.58. The van der Waals surface area contributed by atoms with Gasteiger partial charge in [0.2, 0.25) is 0 Å². The molecule has 17 heavy (non-hydrogen) atoms. The smallest absolute Gasteiger partial charge is 0.123 e. The van der Waals surface area contributed by atoms with Gasteiger partial charge in [-0.1, -0.05) is 31.5 Å². The lowest BCUT2D eigenvalue weighted by molar-refractivity contribution is 0.00783. The fourth-order valence-corrected chi connectivity index (χ4v) is 1.94. The van der Waals surface area contributed by atoms with Crippen molar-refractivity contribution >= 4 is 0 Å². The van der Waals surface area contributed by atoms with Crippen LogP contribution in [-0.2, 0) is 11.3 Å². The first kappa shape index (κ1) is 12.4. The fourth-order valence-electron chi connectivity index (χ4n) is 1.94. The maximum absolute atomic E-state index is 5.83. The Labute approximate surface area is 103 Å². The molecule has 0 aromatic heterocycles. The van der Waals surface area contributed by atoms with Gasteiger partial charge in [-0.3, -0.25) is 0 Å². The van der Waals surface area contributed by atoms with Crippen LogP contribution in [0, 0.1) is 12.8 Å². The molecule has 1 aliphatic heterocycles. The lowest BCUT2D eigenvalue weighted by Crippen LogP contribution is -2.31. The first-order valence-corrected chi connectivity index (χ1v) is 6.26. The van der Waals surface area contributed by atoms with Gasteiger partial charge in [0.1, 0.15) is 11.9 Å². The summed E-state index contributed by atoms with van der Waals surface area (Å²) in [5, 5.41) is 0. The highest BCUT2D eigenvalue weighted by Crippen LogP contribution is 2.29. The highest BCUT2D eigenvalue weighted by molar-refractivity contribution is 5.40. The summed E-state index contributed by atoms with van der Waals surface area (Å²) < 4.78 is 5.83. The van der Waals surface area contributed by atoms with Gasteiger partial charge in [-0.2, -0.15) is 5.48 Å². The van der Waals surface area contributed by atoms with Crippen LogP contribution >= 0.6 is 0 Å². The number of hydroxylamine groups is 1. The van der Waals surface area contributed by atoms with E-state index in [1.54, 1.807) is 0 Å². The second-order valence-corrected chi connectivity index (χ2v) is 5.11. The summed E-state index contributed by atoms with van der Waals surface area (Å²) in [7, 11) is 0. The van der Waals surface area contributed by atoms with Crippen LogP contribution in [0.1, 0.15) is 25.0 Å². The molecule has 0 fully saturated rings. The molecule has 0 amide bonds. The molecule has 1 unspecified atom stereocenters. The molecule has 1 N–H and O–H groups in total. The van der Waals surface area contributed by atoms with Crippen LogP contribution in [0.2, 0.25) is 0 Å². The van der Waals surface area contributed by atoms with E-state index in [9.17, 15) is 0 Å². The number of hydrogen-bond acceptors (Lipinski definition) is 3. The number of aryl methyl sites for hydroxylation is 1. The highest BCUT2D eigenvalue weighted by Gasteiger charge is 2.22. The first-order chi connectivity index (χ1) is 8.15. The van der Waals surface area contributed by atoms with Gasteiger partial charge >= 0.3 is 0 Å². The maximum atomic E-state index is 5.83. The average molecular weight is 235 g/mol. The molecule has 0 saturated carbocycles. The minimum atomic E-state index is 0.193. The van der Waals surface area contributed by atoms with Crippen LogP contribution in [0.3, 0.4) is 0 Å². The third kappa shape index (κ3) is 3.45. The van der Waals surface area contributed by atoms with E-state index < -0.39 is 0 Å². The number of rotatable bonds is 5. The number of benzene rings is 1. The quantitative estimate of drug-likeness (QED) is 0.628. The largest absolute Gasteiger partial charge is 0.488 e. The number of ether oxygens (including phenoxy) is 1. The zero-order valence-corrected chi connectivity index (χ0v) is 10.8. The molecule has 3 nitrogen and oxygen atoms in total. The van der Waals surface area contributed by atoms with E-state index in [2.05, 4.69) is 44.5 Å². The molecule has 0 saturated heterocycles. The first-order valence-electron chi connectivity index (χ1n) is 6.26. The van der Waals surface area contributed by atoms with E-state index >= 15 is 0 Å². The standard InChI is InChI=1S/C14H21NO2/c1-10(2)9-16-15-8-13-7-12-6-11(3)4-5-14(12)17-13/h4-6,10,13,15H,7-9H2,1-3H3. The van der Waals surface area contributed by atoms with E-state index in [4.69, 9.17) is 9.57 Å². The van der Waals surface area contributed by atoms with Crippen molar-refractivity contribution in [1.82, 2.24) is 5.48 Å². The third-order valence-corrected chi connectivity index (χ3v) is 2.79. The van der Waals surface area contributed by atoms with E-state index in [-0.39, 0.29) is 6.10 Å². The average Bonchev–Trinajstić information content (AvgIpc) is 2.66. The zero-order chi connectivity index (χ0) is 12.3. The molecule has 0 aliphatic carbocycles. The summed E-state index contributed by atoms with van der Waals surface area (Å²) >= 11 is 0. The van der Waals surface area contributed by atoms with Crippen molar-refractivity contribution in [2.24, 2.45) is 5.92 Å². The van der Waals surface area contributed by atoms with Crippen molar-refractivity contribution in [3.8, 4) is 5.75 Å². The Hall–Kier alpha value is -1.06. The summed E-state index contributed by atoms with van der Waals surface area (Å²) in [6.07, 6.45) is 1.16. The summed E-state index contributed by atoms with van der Waals surface area (Å²) in [6, 6.07) is 6.34. The Morgan fingerprint density at radius 3 is 3.06 bits per heavy atom. The predicted molar refractivity (Wildman–Crippen MR) is 68.1 cm³/mol. The van der Waals surface area contributed by atoms with E-state index in [1.807, 2.05) is 0 Å². The lowest BCUT2D eigenvalue weighted by atomic mass is 10.1. The van der Waals surface area contributed by atoms with Gasteiger partial charge in [-0.25, -0.2) is 0 Å². The van der Waals surface area contributed by atoms with Crippen molar-refractivity contribution in [2.75, 3.05) is 13.2 Å². The maximum Gasteiger partial charge on any atom is 0.123 e. The molecule has 1 heterocycles. The third-order valence-electron chi connectivity index (χ3n) is 2.79. The topological polar surface area (TPSA) is 30.5 Å². The Balaban J connectivity index is 1.76. The van der Waals surface area contributed by atoms with Crippen molar-refractivity contribution in [3.63, 3.8) is 0 Å². The second-order valence-electron chi connectivity index (χ2n) is 5.11. The summed E-state index contributed by atoms with van der Waals surface area (Å²) in [4.78, 5) is 5.35. The molecule has 94 valence electrons. The van der Waals surface area contributed by atoms with Gasteiger partial charge in [-0.15, -0.1) is 0 Å².